The van der Waals surface area contributed by atoms with Crippen LogP contribution in [0.15, 0.2) is 30.3 Å². The van der Waals surface area contributed by atoms with E-state index in [-0.39, 0.29) is 5.91 Å². The minimum atomic E-state index is 0.0430. The number of hydrogen-bond acceptors (Lipinski definition) is 5. The Hall–Kier alpha value is -2.63. The molecule has 6 nitrogen and oxygen atoms in total. The number of carbonyl (C=O) groups is 1. The van der Waals surface area contributed by atoms with Crippen LogP contribution in [0.3, 0.4) is 0 Å². The Kier molecular flexibility index (Phi) is 6.04. The molecule has 1 amide bonds. The van der Waals surface area contributed by atoms with E-state index in [1.54, 1.807) is 0 Å². The Labute approximate surface area is 155 Å². The first-order valence-corrected chi connectivity index (χ1v) is 9.41. The summed E-state index contributed by atoms with van der Waals surface area (Å²) >= 11 is 0. The molecule has 0 bridgehead atoms. The standard InChI is InChI=1S/C20H27N5O/c1-3-7-19(26)22-16-8-10-17(11-9-16)23-20-21-15(2)14-18(24-20)25-12-5-4-6-13-25/h8-11,14H,3-7,12-13H2,1-2H3,(H,22,26)(H,21,23,24). The molecule has 2 N–H and O–H groups in total. The lowest BCUT2D eigenvalue weighted by atomic mass is 10.1. The third kappa shape index (κ3) is 4.94. The van der Waals surface area contributed by atoms with Gasteiger partial charge in [-0.3, -0.25) is 4.79 Å². The molecule has 1 aromatic heterocycles. The van der Waals surface area contributed by atoms with Gasteiger partial charge in [0.1, 0.15) is 5.82 Å². The largest absolute Gasteiger partial charge is 0.356 e. The highest BCUT2D eigenvalue weighted by molar-refractivity contribution is 5.90. The number of nitrogens with one attached hydrogen (secondary N) is 2. The van der Waals surface area contributed by atoms with Crippen molar-refractivity contribution in [2.45, 2.75) is 46.0 Å². The molecule has 0 saturated carbocycles. The van der Waals surface area contributed by atoms with Crippen molar-refractivity contribution in [2.24, 2.45) is 0 Å². The molecular formula is C20H27N5O. The summed E-state index contributed by atoms with van der Waals surface area (Å²) in [5.41, 5.74) is 2.65. The lowest BCUT2D eigenvalue weighted by molar-refractivity contribution is -0.116. The van der Waals surface area contributed by atoms with Crippen LogP contribution in [0.5, 0.6) is 0 Å². The fraction of sp³-hybridized carbons (Fsp3) is 0.450. The molecule has 2 heterocycles. The van der Waals surface area contributed by atoms with Gasteiger partial charge in [-0.1, -0.05) is 6.92 Å². The Bertz CT molecular complexity index is 738. The van der Waals surface area contributed by atoms with Gasteiger partial charge < -0.3 is 15.5 Å². The quantitative estimate of drug-likeness (QED) is 0.812. The van der Waals surface area contributed by atoms with Gasteiger partial charge in [-0.25, -0.2) is 4.98 Å². The number of rotatable bonds is 6. The molecule has 1 fully saturated rings. The fourth-order valence-electron chi connectivity index (χ4n) is 3.11. The maximum Gasteiger partial charge on any atom is 0.229 e. The average Bonchev–Trinajstić information content (AvgIpc) is 2.64. The zero-order valence-corrected chi connectivity index (χ0v) is 15.6. The maximum atomic E-state index is 11.7. The highest BCUT2D eigenvalue weighted by atomic mass is 16.1. The van der Waals surface area contributed by atoms with E-state index in [2.05, 4.69) is 25.5 Å². The number of hydrogen-bond donors (Lipinski definition) is 2. The normalized spacial score (nSPS) is 14.2. The first-order valence-electron chi connectivity index (χ1n) is 9.41. The van der Waals surface area contributed by atoms with Gasteiger partial charge in [0.25, 0.3) is 0 Å². The molecule has 138 valence electrons. The number of piperidine rings is 1. The zero-order valence-electron chi connectivity index (χ0n) is 15.6. The van der Waals surface area contributed by atoms with E-state index < -0.39 is 0 Å². The molecule has 0 spiro atoms. The predicted molar refractivity (Wildman–Crippen MR) is 106 cm³/mol. The summed E-state index contributed by atoms with van der Waals surface area (Å²) in [7, 11) is 0. The molecule has 3 rings (SSSR count). The second-order valence-corrected chi connectivity index (χ2v) is 6.74. The third-order valence-corrected chi connectivity index (χ3v) is 4.42. The fourth-order valence-corrected chi connectivity index (χ4v) is 3.11. The summed E-state index contributed by atoms with van der Waals surface area (Å²) in [5, 5.41) is 6.16. The molecule has 1 aromatic carbocycles. The number of aryl methyl sites for hydroxylation is 1. The van der Waals surface area contributed by atoms with Crippen LogP contribution in [0, 0.1) is 6.92 Å². The third-order valence-electron chi connectivity index (χ3n) is 4.42. The highest BCUT2D eigenvalue weighted by Gasteiger charge is 2.14. The molecule has 26 heavy (non-hydrogen) atoms. The second kappa shape index (κ2) is 8.65. The first-order chi connectivity index (χ1) is 12.6. The van der Waals surface area contributed by atoms with Gasteiger partial charge in [-0.05, 0) is 56.9 Å². The molecule has 0 radical (unpaired) electrons. The first kappa shape index (κ1) is 18.2. The number of anilines is 4. The highest BCUT2D eigenvalue weighted by Crippen LogP contribution is 2.22. The van der Waals surface area contributed by atoms with Gasteiger partial charge in [-0.15, -0.1) is 0 Å². The van der Waals surface area contributed by atoms with E-state index >= 15 is 0 Å². The van der Waals surface area contributed by atoms with Crippen LogP contribution in [0.2, 0.25) is 0 Å². The molecule has 6 heteroatoms. The van der Waals surface area contributed by atoms with E-state index in [1.807, 2.05) is 44.2 Å². The Morgan fingerprint density at radius 3 is 2.46 bits per heavy atom. The predicted octanol–water partition coefficient (Wildman–Crippen LogP) is 4.26. The summed E-state index contributed by atoms with van der Waals surface area (Å²) in [6.45, 7) is 6.10. The number of amides is 1. The van der Waals surface area contributed by atoms with Crippen LogP contribution < -0.4 is 15.5 Å². The minimum absolute atomic E-state index is 0.0430. The molecular weight excluding hydrogens is 326 g/mol. The topological polar surface area (TPSA) is 70.2 Å². The Morgan fingerprint density at radius 1 is 1.08 bits per heavy atom. The van der Waals surface area contributed by atoms with Crippen molar-refractivity contribution < 1.29 is 4.79 Å². The number of benzene rings is 1. The van der Waals surface area contributed by atoms with Crippen LogP contribution in [0.1, 0.15) is 44.7 Å². The smallest absolute Gasteiger partial charge is 0.229 e. The summed E-state index contributed by atoms with van der Waals surface area (Å²) < 4.78 is 0. The van der Waals surface area contributed by atoms with Gasteiger partial charge in [0.05, 0.1) is 0 Å². The summed E-state index contributed by atoms with van der Waals surface area (Å²) in [6.07, 6.45) is 5.12. The van der Waals surface area contributed by atoms with Crippen molar-refractivity contribution >= 4 is 29.0 Å². The molecule has 2 aromatic rings. The summed E-state index contributed by atoms with van der Waals surface area (Å²) in [6, 6.07) is 9.67. The number of aromatic nitrogens is 2. The minimum Gasteiger partial charge on any atom is -0.356 e. The molecule has 1 aliphatic rings. The van der Waals surface area contributed by atoms with E-state index in [1.165, 1.54) is 19.3 Å². The van der Waals surface area contributed by atoms with Crippen molar-refractivity contribution in [3.63, 3.8) is 0 Å². The van der Waals surface area contributed by atoms with Gasteiger partial charge >= 0.3 is 0 Å². The maximum absolute atomic E-state index is 11.7. The van der Waals surface area contributed by atoms with E-state index in [0.29, 0.717) is 12.4 Å². The van der Waals surface area contributed by atoms with Gasteiger partial charge in [0.15, 0.2) is 0 Å². The van der Waals surface area contributed by atoms with Crippen LogP contribution in [-0.4, -0.2) is 29.0 Å². The van der Waals surface area contributed by atoms with Gasteiger partial charge in [0, 0.05) is 42.6 Å². The summed E-state index contributed by atoms with van der Waals surface area (Å²) in [5.74, 6) is 1.64. The van der Waals surface area contributed by atoms with Crippen LogP contribution >= 0.6 is 0 Å². The SMILES string of the molecule is CCCC(=O)Nc1ccc(Nc2nc(C)cc(N3CCCCC3)n2)cc1. The molecule has 1 saturated heterocycles. The lowest BCUT2D eigenvalue weighted by Crippen LogP contribution is -2.30. The zero-order chi connectivity index (χ0) is 18.4. The van der Waals surface area contributed by atoms with E-state index in [4.69, 9.17) is 0 Å². The second-order valence-electron chi connectivity index (χ2n) is 6.74. The average molecular weight is 353 g/mol. The van der Waals surface area contributed by atoms with Crippen LogP contribution in [0.25, 0.3) is 0 Å². The van der Waals surface area contributed by atoms with Crippen molar-refractivity contribution in [2.75, 3.05) is 28.6 Å². The number of nitrogens with zero attached hydrogens (tertiary/aromatic N) is 3. The summed E-state index contributed by atoms with van der Waals surface area (Å²) in [4.78, 5) is 23.2. The van der Waals surface area contributed by atoms with Crippen molar-refractivity contribution in [1.29, 1.82) is 0 Å². The lowest BCUT2D eigenvalue weighted by Gasteiger charge is -2.28. The number of carbonyl (C=O) groups excluding carboxylic acids is 1. The molecule has 0 aliphatic carbocycles. The van der Waals surface area contributed by atoms with Gasteiger partial charge in [-0.2, -0.15) is 4.98 Å². The van der Waals surface area contributed by atoms with Crippen molar-refractivity contribution in [1.82, 2.24) is 9.97 Å². The van der Waals surface area contributed by atoms with Crippen LogP contribution in [0.4, 0.5) is 23.1 Å². The monoisotopic (exact) mass is 353 g/mol. The van der Waals surface area contributed by atoms with Crippen molar-refractivity contribution in [3.8, 4) is 0 Å². The van der Waals surface area contributed by atoms with Crippen LogP contribution in [-0.2, 0) is 4.79 Å². The molecule has 0 atom stereocenters. The van der Waals surface area contributed by atoms with E-state index in [9.17, 15) is 4.79 Å². The van der Waals surface area contributed by atoms with E-state index in [0.717, 1.165) is 42.4 Å². The van der Waals surface area contributed by atoms with Gasteiger partial charge in [0.2, 0.25) is 11.9 Å². The Morgan fingerprint density at radius 2 is 1.77 bits per heavy atom. The molecule has 1 aliphatic heterocycles. The molecule has 0 unspecified atom stereocenters. The Balaban J connectivity index is 1.68. The van der Waals surface area contributed by atoms with Crippen molar-refractivity contribution in [3.05, 3.63) is 36.0 Å².